The Labute approximate surface area is 173 Å². The average Bonchev–Trinajstić information content (AvgIpc) is 2.74. The summed E-state index contributed by atoms with van der Waals surface area (Å²) in [7, 11) is 0. The van der Waals surface area contributed by atoms with Crippen LogP contribution in [0.2, 0.25) is 0 Å². The van der Waals surface area contributed by atoms with Gasteiger partial charge in [0.05, 0.1) is 0 Å². The first-order valence-electron chi connectivity index (χ1n) is 12.2. The number of carbonyl (C=O) groups is 2. The highest BCUT2D eigenvalue weighted by Gasteiger charge is 2.45. The Balaban J connectivity index is 1.56. The lowest BCUT2D eigenvalue weighted by molar-refractivity contribution is -0.113. The quantitative estimate of drug-likeness (QED) is 0.466. The van der Waals surface area contributed by atoms with E-state index in [1.165, 1.54) is 63.9 Å². The van der Waals surface area contributed by atoms with E-state index in [1.54, 1.807) is 0 Å². The van der Waals surface area contributed by atoms with E-state index < -0.39 is 0 Å². The molecule has 0 heterocycles. The van der Waals surface area contributed by atoms with E-state index in [0.29, 0.717) is 22.7 Å². The summed E-state index contributed by atoms with van der Waals surface area (Å²) >= 11 is 0. The van der Waals surface area contributed by atoms with Crippen LogP contribution in [0.1, 0.15) is 105 Å². The number of rotatable bonds is 6. The molecular formula is C26H44O2. The van der Waals surface area contributed by atoms with E-state index in [4.69, 9.17) is 0 Å². The van der Waals surface area contributed by atoms with E-state index in [9.17, 15) is 9.59 Å². The van der Waals surface area contributed by atoms with Gasteiger partial charge in [0.25, 0.3) is 0 Å². The van der Waals surface area contributed by atoms with Gasteiger partial charge in [-0.1, -0.05) is 34.1 Å². The predicted molar refractivity (Wildman–Crippen MR) is 116 cm³/mol. The molecule has 3 aliphatic rings. The van der Waals surface area contributed by atoms with Crippen LogP contribution >= 0.6 is 0 Å². The van der Waals surface area contributed by atoms with Crippen LogP contribution in [0.4, 0.5) is 0 Å². The maximum Gasteiger partial charge on any atom is 0.123 e. The SMILES string of the molecule is CC(C)(C1CCC(C=O)CC1)C1CCC(C(C)(C)C2CCCC(C=O)C2)CC1. The Morgan fingerprint density at radius 1 is 0.536 bits per heavy atom. The second-order valence-electron chi connectivity index (χ2n) is 11.7. The van der Waals surface area contributed by atoms with Crippen molar-refractivity contribution in [3.05, 3.63) is 0 Å². The minimum Gasteiger partial charge on any atom is -0.303 e. The van der Waals surface area contributed by atoms with Crippen molar-refractivity contribution < 1.29 is 9.59 Å². The van der Waals surface area contributed by atoms with Gasteiger partial charge in [0.15, 0.2) is 0 Å². The molecule has 0 radical (unpaired) electrons. The molecule has 2 nitrogen and oxygen atoms in total. The van der Waals surface area contributed by atoms with Gasteiger partial charge in [-0.25, -0.2) is 0 Å². The number of carbonyl (C=O) groups excluding carboxylic acids is 2. The van der Waals surface area contributed by atoms with E-state index in [0.717, 1.165) is 49.4 Å². The van der Waals surface area contributed by atoms with Gasteiger partial charge < -0.3 is 9.59 Å². The number of hydrogen-bond acceptors (Lipinski definition) is 2. The summed E-state index contributed by atoms with van der Waals surface area (Å²) in [6.45, 7) is 10.0. The van der Waals surface area contributed by atoms with Crippen LogP contribution < -0.4 is 0 Å². The summed E-state index contributed by atoms with van der Waals surface area (Å²) in [6.07, 6.45) is 17.4. The fourth-order valence-corrected chi connectivity index (χ4v) is 7.27. The molecule has 3 fully saturated rings. The first-order valence-corrected chi connectivity index (χ1v) is 12.2. The highest BCUT2D eigenvalue weighted by atomic mass is 16.1. The molecule has 0 bridgehead atoms. The van der Waals surface area contributed by atoms with E-state index >= 15 is 0 Å². The van der Waals surface area contributed by atoms with Crippen LogP contribution in [0.15, 0.2) is 0 Å². The van der Waals surface area contributed by atoms with Crippen molar-refractivity contribution in [3.63, 3.8) is 0 Å². The molecule has 0 aliphatic heterocycles. The van der Waals surface area contributed by atoms with Crippen LogP contribution in [-0.4, -0.2) is 12.6 Å². The minimum absolute atomic E-state index is 0.315. The molecule has 2 heteroatoms. The van der Waals surface area contributed by atoms with Gasteiger partial charge in [-0.15, -0.1) is 0 Å². The predicted octanol–water partition coefficient (Wildman–Crippen LogP) is 6.86. The summed E-state index contributed by atoms with van der Waals surface area (Å²) in [5, 5.41) is 0. The first kappa shape index (κ1) is 22.0. The summed E-state index contributed by atoms with van der Waals surface area (Å²) in [5.41, 5.74) is 0.787. The van der Waals surface area contributed by atoms with Gasteiger partial charge in [0, 0.05) is 11.8 Å². The largest absolute Gasteiger partial charge is 0.303 e. The normalized spacial score (nSPS) is 38.0. The van der Waals surface area contributed by atoms with Crippen molar-refractivity contribution in [1.29, 1.82) is 0 Å². The zero-order valence-electron chi connectivity index (χ0n) is 18.9. The molecule has 0 aromatic carbocycles. The van der Waals surface area contributed by atoms with Gasteiger partial charge >= 0.3 is 0 Å². The summed E-state index contributed by atoms with van der Waals surface area (Å²) < 4.78 is 0. The lowest BCUT2D eigenvalue weighted by atomic mass is 9.55. The monoisotopic (exact) mass is 388 g/mol. The third-order valence-electron chi connectivity index (χ3n) is 9.81. The molecule has 2 atom stereocenters. The van der Waals surface area contributed by atoms with Crippen LogP contribution in [0, 0.1) is 46.3 Å². The van der Waals surface area contributed by atoms with Crippen molar-refractivity contribution in [3.8, 4) is 0 Å². The second-order valence-corrected chi connectivity index (χ2v) is 11.7. The first-order chi connectivity index (χ1) is 13.3. The van der Waals surface area contributed by atoms with Gasteiger partial charge in [-0.05, 0) is 105 Å². The molecule has 160 valence electrons. The Morgan fingerprint density at radius 2 is 0.964 bits per heavy atom. The highest BCUT2D eigenvalue weighted by Crippen LogP contribution is 2.54. The molecule has 2 unspecified atom stereocenters. The van der Waals surface area contributed by atoms with Gasteiger partial charge in [-0.2, -0.15) is 0 Å². The van der Waals surface area contributed by atoms with Crippen molar-refractivity contribution in [2.75, 3.05) is 0 Å². The van der Waals surface area contributed by atoms with Gasteiger partial charge in [0.2, 0.25) is 0 Å². The third-order valence-corrected chi connectivity index (χ3v) is 9.81. The molecule has 3 rings (SSSR count). The fraction of sp³-hybridized carbons (Fsp3) is 0.923. The van der Waals surface area contributed by atoms with Gasteiger partial charge in [0.1, 0.15) is 12.6 Å². The Hall–Kier alpha value is -0.660. The summed E-state index contributed by atoms with van der Waals surface area (Å²) in [5.74, 6) is 3.82. The fourth-order valence-electron chi connectivity index (χ4n) is 7.27. The lowest BCUT2D eigenvalue weighted by Crippen LogP contribution is -2.41. The molecule has 0 aromatic rings. The van der Waals surface area contributed by atoms with Crippen molar-refractivity contribution >= 4 is 12.6 Å². The van der Waals surface area contributed by atoms with Crippen molar-refractivity contribution in [2.24, 2.45) is 46.3 Å². The minimum atomic E-state index is 0.315. The second kappa shape index (κ2) is 9.00. The molecule has 0 saturated heterocycles. The molecule has 3 aliphatic carbocycles. The maximum absolute atomic E-state index is 11.3. The Kier molecular flexibility index (Phi) is 7.09. The Bertz CT molecular complexity index is 519. The average molecular weight is 389 g/mol. The van der Waals surface area contributed by atoms with Gasteiger partial charge in [-0.3, -0.25) is 0 Å². The highest BCUT2D eigenvalue weighted by molar-refractivity contribution is 5.53. The molecule has 0 N–H and O–H groups in total. The van der Waals surface area contributed by atoms with Crippen molar-refractivity contribution in [1.82, 2.24) is 0 Å². The van der Waals surface area contributed by atoms with E-state index in [-0.39, 0.29) is 0 Å². The summed E-state index contributed by atoms with van der Waals surface area (Å²) in [6, 6.07) is 0. The Morgan fingerprint density at radius 3 is 1.43 bits per heavy atom. The number of hydrogen-bond donors (Lipinski definition) is 0. The van der Waals surface area contributed by atoms with Crippen LogP contribution in [0.3, 0.4) is 0 Å². The zero-order valence-corrected chi connectivity index (χ0v) is 18.9. The third kappa shape index (κ3) is 4.57. The smallest absolute Gasteiger partial charge is 0.123 e. The molecule has 28 heavy (non-hydrogen) atoms. The van der Waals surface area contributed by atoms with Crippen LogP contribution in [0.5, 0.6) is 0 Å². The van der Waals surface area contributed by atoms with E-state index in [2.05, 4.69) is 27.7 Å². The molecule has 3 saturated carbocycles. The zero-order chi connectivity index (χ0) is 20.4. The van der Waals surface area contributed by atoms with E-state index in [1.807, 2.05) is 0 Å². The van der Waals surface area contributed by atoms with Crippen LogP contribution in [0.25, 0.3) is 0 Å². The molecule has 0 aromatic heterocycles. The lowest BCUT2D eigenvalue weighted by Gasteiger charge is -2.50. The van der Waals surface area contributed by atoms with Crippen LogP contribution in [-0.2, 0) is 9.59 Å². The molecule has 0 spiro atoms. The standard InChI is InChI=1S/C26H44O2/c1-25(2,21-10-8-19(17-27)9-11-21)22-12-14-23(15-13-22)26(3,4)24-7-5-6-20(16-24)18-28/h17-24H,5-16H2,1-4H3. The molecule has 0 amide bonds. The summed E-state index contributed by atoms with van der Waals surface area (Å²) in [4.78, 5) is 22.4. The topological polar surface area (TPSA) is 34.1 Å². The number of aldehydes is 2. The molecular weight excluding hydrogens is 344 g/mol. The maximum atomic E-state index is 11.3. The van der Waals surface area contributed by atoms with Crippen molar-refractivity contribution in [2.45, 2.75) is 105 Å².